The van der Waals surface area contributed by atoms with Gasteiger partial charge in [-0.1, -0.05) is 6.07 Å². The predicted octanol–water partition coefficient (Wildman–Crippen LogP) is 5.90. The molecular weight excluding hydrogens is 431 g/mol. The average Bonchev–Trinajstić information content (AvgIpc) is 2.85. The fraction of sp³-hybridized carbons (Fsp3) is 0. The van der Waals surface area contributed by atoms with Crippen LogP contribution >= 0.6 is 0 Å². The number of aromatic nitrogens is 3. The number of hydrogen-bond donors (Lipinski definition) is 3. The molecule has 0 aliphatic rings. The topological polar surface area (TPSA) is 91.8 Å². The largest absolute Gasteiger partial charge is 0.355 e. The molecule has 34 heavy (non-hydrogen) atoms. The summed E-state index contributed by atoms with van der Waals surface area (Å²) in [6.07, 6.45) is 6.58. The van der Waals surface area contributed by atoms with Crippen molar-refractivity contribution in [2.24, 2.45) is 0 Å². The molecule has 5 aromatic rings. The lowest BCUT2D eigenvalue weighted by molar-refractivity contribution is 0.102. The number of amides is 1. The second-order valence-electron chi connectivity index (χ2n) is 7.47. The van der Waals surface area contributed by atoms with E-state index in [9.17, 15) is 9.18 Å². The highest BCUT2D eigenvalue weighted by Crippen LogP contribution is 2.26. The third-order valence-corrected chi connectivity index (χ3v) is 5.08. The quantitative estimate of drug-likeness (QED) is 0.298. The van der Waals surface area contributed by atoms with Gasteiger partial charge in [-0.2, -0.15) is 0 Å². The first-order chi connectivity index (χ1) is 16.6. The van der Waals surface area contributed by atoms with Crippen LogP contribution in [0.1, 0.15) is 10.4 Å². The zero-order valence-corrected chi connectivity index (χ0v) is 17.9. The summed E-state index contributed by atoms with van der Waals surface area (Å²) in [5.41, 5.74) is 4.09. The first kappa shape index (κ1) is 21.0. The third-order valence-electron chi connectivity index (χ3n) is 5.08. The highest BCUT2D eigenvalue weighted by molar-refractivity contribution is 6.05. The van der Waals surface area contributed by atoms with Crippen molar-refractivity contribution in [3.63, 3.8) is 0 Å². The number of nitrogens with zero attached hydrogens (tertiary/aromatic N) is 3. The van der Waals surface area contributed by atoms with Crippen LogP contribution in [0.4, 0.5) is 33.0 Å². The number of halogens is 1. The molecule has 0 aliphatic heterocycles. The number of nitrogens with one attached hydrogen (secondary N) is 3. The van der Waals surface area contributed by atoms with Crippen molar-refractivity contribution in [2.75, 3.05) is 16.0 Å². The SMILES string of the molecule is O=C(Nc1cccc(Nc2ccncc2)c1)c1ccnc(Nc2ccnc3ccc(F)cc23)c1. The van der Waals surface area contributed by atoms with Crippen molar-refractivity contribution in [1.29, 1.82) is 0 Å². The van der Waals surface area contributed by atoms with Crippen LogP contribution in [-0.2, 0) is 0 Å². The molecular formula is C26H19FN6O. The molecule has 0 radical (unpaired) electrons. The minimum absolute atomic E-state index is 0.280. The van der Waals surface area contributed by atoms with Crippen molar-refractivity contribution < 1.29 is 9.18 Å². The Bertz CT molecular complexity index is 1480. The monoisotopic (exact) mass is 450 g/mol. The molecule has 7 nitrogen and oxygen atoms in total. The zero-order chi connectivity index (χ0) is 23.3. The van der Waals surface area contributed by atoms with E-state index in [1.165, 1.54) is 12.1 Å². The van der Waals surface area contributed by atoms with E-state index in [4.69, 9.17) is 0 Å². The molecule has 0 atom stereocenters. The fourth-order valence-electron chi connectivity index (χ4n) is 3.49. The van der Waals surface area contributed by atoms with Gasteiger partial charge in [-0.3, -0.25) is 14.8 Å². The van der Waals surface area contributed by atoms with Gasteiger partial charge in [0, 0.05) is 52.8 Å². The van der Waals surface area contributed by atoms with Gasteiger partial charge in [0.15, 0.2) is 0 Å². The number of hydrogen-bond acceptors (Lipinski definition) is 6. The molecule has 0 spiro atoms. The van der Waals surface area contributed by atoms with Crippen molar-refractivity contribution in [2.45, 2.75) is 0 Å². The number of anilines is 5. The molecule has 0 aliphatic carbocycles. The average molecular weight is 450 g/mol. The van der Waals surface area contributed by atoms with Gasteiger partial charge in [-0.25, -0.2) is 9.37 Å². The summed E-state index contributed by atoms with van der Waals surface area (Å²) in [5, 5.41) is 9.95. The number of pyridine rings is 3. The van der Waals surface area contributed by atoms with Gasteiger partial charge in [-0.15, -0.1) is 0 Å². The summed E-state index contributed by atoms with van der Waals surface area (Å²) in [5.74, 6) is -0.181. The number of fused-ring (bicyclic) bond motifs is 1. The minimum atomic E-state index is -0.356. The predicted molar refractivity (Wildman–Crippen MR) is 131 cm³/mol. The van der Waals surface area contributed by atoms with Crippen LogP contribution in [0.3, 0.4) is 0 Å². The van der Waals surface area contributed by atoms with E-state index in [1.54, 1.807) is 49.1 Å². The van der Waals surface area contributed by atoms with Gasteiger partial charge in [-0.05, 0) is 66.7 Å². The number of benzene rings is 2. The molecule has 166 valence electrons. The number of carbonyl (C=O) groups is 1. The molecule has 8 heteroatoms. The van der Waals surface area contributed by atoms with E-state index < -0.39 is 0 Å². The summed E-state index contributed by atoms with van der Waals surface area (Å²) in [6.45, 7) is 0. The van der Waals surface area contributed by atoms with Crippen LogP contribution < -0.4 is 16.0 Å². The Balaban J connectivity index is 1.33. The summed E-state index contributed by atoms with van der Waals surface area (Å²) in [6, 6.07) is 20.5. The lowest BCUT2D eigenvalue weighted by Crippen LogP contribution is -2.12. The van der Waals surface area contributed by atoms with Crippen LogP contribution in [0.15, 0.2) is 97.6 Å². The van der Waals surface area contributed by atoms with Gasteiger partial charge in [0.2, 0.25) is 0 Å². The molecule has 3 N–H and O–H groups in total. The fourth-order valence-corrected chi connectivity index (χ4v) is 3.49. The lowest BCUT2D eigenvalue weighted by Gasteiger charge is -2.11. The molecule has 3 heterocycles. The van der Waals surface area contributed by atoms with E-state index in [2.05, 4.69) is 30.9 Å². The molecule has 0 saturated carbocycles. The lowest BCUT2D eigenvalue weighted by atomic mass is 10.1. The Morgan fingerprint density at radius 1 is 0.735 bits per heavy atom. The molecule has 0 unspecified atom stereocenters. The van der Waals surface area contributed by atoms with E-state index >= 15 is 0 Å². The van der Waals surface area contributed by atoms with Crippen molar-refractivity contribution >= 4 is 45.4 Å². The standard InChI is InChI=1S/C26H19FN6O/c27-18-4-5-23-22(15-18)24(9-13-29-23)33-25-14-17(6-12-30-25)26(34)32-21-3-1-2-20(16-21)31-19-7-10-28-11-8-19/h1-16H,(H,28,31)(H,32,34)(H,29,30,33). The van der Waals surface area contributed by atoms with E-state index in [1.807, 2.05) is 36.4 Å². The first-order valence-electron chi connectivity index (χ1n) is 10.5. The number of rotatable bonds is 6. The molecule has 0 saturated heterocycles. The highest BCUT2D eigenvalue weighted by atomic mass is 19.1. The Labute approximate surface area is 194 Å². The second-order valence-corrected chi connectivity index (χ2v) is 7.47. The minimum Gasteiger partial charge on any atom is -0.355 e. The molecule has 1 amide bonds. The molecule has 3 aromatic heterocycles. The van der Waals surface area contributed by atoms with Crippen LogP contribution in [0, 0.1) is 5.82 Å². The third kappa shape index (κ3) is 4.81. The van der Waals surface area contributed by atoms with Crippen LogP contribution in [0.2, 0.25) is 0 Å². The molecule has 0 fully saturated rings. The Morgan fingerprint density at radius 3 is 2.44 bits per heavy atom. The maximum atomic E-state index is 13.8. The van der Waals surface area contributed by atoms with Crippen LogP contribution in [-0.4, -0.2) is 20.9 Å². The van der Waals surface area contributed by atoms with E-state index in [0.717, 1.165) is 11.4 Å². The highest BCUT2D eigenvalue weighted by Gasteiger charge is 2.10. The first-order valence-corrected chi connectivity index (χ1v) is 10.5. The summed E-state index contributed by atoms with van der Waals surface area (Å²) in [4.78, 5) is 25.4. The summed E-state index contributed by atoms with van der Waals surface area (Å²) >= 11 is 0. The maximum absolute atomic E-state index is 13.8. The van der Waals surface area contributed by atoms with Gasteiger partial charge in [0.25, 0.3) is 5.91 Å². The second kappa shape index (κ2) is 9.33. The van der Waals surface area contributed by atoms with E-state index in [-0.39, 0.29) is 11.7 Å². The van der Waals surface area contributed by atoms with Gasteiger partial charge in [0.1, 0.15) is 11.6 Å². The molecule has 5 rings (SSSR count). The van der Waals surface area contributed by atoms with Crippen LogP contribution in [0.5, 0.6) is 0 Å². The Morgan fingerprint density at radius 2 is 1.56 bits per heavy atom. The summed E-state index contributed by atoms with van der Waals surface area (Å²) < 4.78 is 13.8. The van der Waals surface area contributed by atoms with Crippen molar-refractivity contribution in [3.8, 4) is 0 Å². The Kier molecular flexibility index (Phi) is 5.77. The molecule has 0 bridgehead atoms. The van der Waals surface area contributed by atoms with Gasteiger partial charge >= 0.3 is 0 Å². The van der Waals surface area contributed by atoms with E-state index in [0.29, 0.717) is 33.7 Å². The summed E-state index contributed by atoms with van der Waals surface area (Å²) in [7, 11) is 0. The van der Waals surface area contributed by atoms with Crippen molar-refractivity contribution in [1.82, 2.24) is 15.0 Å². The van der Waals surface area contributed by atoms with Gasteiger partial charge < -0.3 is 16.0 Å². The smallest absolute Gasteiger partial charge is 0.255 e. The van der Waals surface area contributed by atoms with Crippen molar-refractivity contribution in [3.05, 3.63) is 109 Å². The maximum Gasteiger partial charge on any atom is 0.255 e. The normalized spacial score (nSPS) is 10.6. The zero-order valence-electron chi connectivity index (χ0n) is 17.9. The molecule has 2 aromatic carbocycles. The number of carbonyl (C=O) groups excluding carboxylic acids is 1. The van der Waals surface area contributed by atoms with Gasteiger partial charge in [0.05, 0.1) is 11.2 Å². The Hall–Kier alpha value is -4.85. The van der Waals surface area contributed by atoms with Crippen LogP contribution in [0.25, 0.3) is 10.9 Å².